The van der Waals surface area contributed by atoms with E-state index in [1.165, 1.54) is 25.2 Å². The molecule has 0 saturated carbocycles. The molecule has 0 aliphatic carbocycles. The van der Waals surface area contributed by atoms with Gasteiger partial charge in [0.2, 0.25) is 0 Å². The number of hydrogen-bond donors (Lipinski definition) is 0. The molecule has 0 saturated heterocycles. The number of nitrogens with zero attached hydrogens (tertiary/aromatic N) is 1. The second kappa shape index (κ2) is 4.91. The van der Waals surface area contributed by atoms with Crippen LogP contribution in [0.5, 0.6) is 0 Å². The predicted octanol–water partition coefficient (Wildman–Crippen LogP) is 0.205. The lowest BCUT2D eigenvalue weighted by atomic mass is 10.5. The average Bonchev–Trinajstić information content (AvgIpc) is 1.97. The van der Waals surface area contributed by atoms with Gasteiger partial charge in [-0.1, -0.05) is 0 Å². The first-order valence-corrected chi connectivity index (χ1v) is 4.48. The van der Waals surface area contributed by atoms with Crippen molar-refractivity contribution in [3.05, 3.63) is 30.1 Å². The van der Waals surface area contributed by atoms with E-state index >= 15 is 0 Å². The van der Waals surface area contributed by atoms with Gasteiger partial charge in [-0.25, -0.2) is 8.42 Å². The smallest absolute Gasteiger partial charge is 0.361 e. The summed E-state index contributed by atoms with van der Waals surface area (Å²) < 4.78 is 60.8. The van der Waals surface area contributed by atoms with E-state index in [1.807, 2.05) is 0 Å². The Hall–Kier alpha value is -1.15. The van der Waals surface area contributed by atoms with Crippen LogP contribution in [0.25, 0.3) is 0 Å². The van der Waals surface area contributed by atoms with Crippen LogP contribution in [0.2, 0.25) is 0 Å². The molecule has 14 heavy (non-hydrogen) atoms. The monoisotopic (exact) mass is 229 g/mol. The lowest BCUT2D eigenvalue weighted by Crippen LogP contribution is -2.37. The van der Waals surface area contributed by atoms with E-state index in [9.17, 15) is 12.7 Å². The first-order valence-electron chi connectivity index (χ1n) is 3.17. The zero-order chi connectivity index (χ0) is 11.4. The summed E-state index contributed by atoms with van der Waals surface area (Å²) in [5, 5.41) is 0. The highest BCUT2D eigenvalue weighted by Crippen LogP contribution is 1.90. The van der Waals surface area contributed by atoms with Crippen LogP contribution in [0.4, 0.5) is 12.7 Å². The molecular formula is C6H6F3NO3S. The summed E-state index contributed by atoms with van der Waals surface area (Å²) in [6, 6.07) is 3.72. The van der Waals surface area contributed by atoms with Gasteiger partial charge < -0.3 is 4.55 Å². The predicted molar refractivity (Wildman–Crippen MR) is 38.3 cm³/mol. The molecule has 0 spiro atoms. The van der Waals surface area contributed by atoms with Crippen LogP contribution in [0, 0.1) is 11.9 Å². The number of hydrogen-bond acceptors (Lipinski definition) is 3. The normalized spacial score (nSPS) is 10.4. The van der Waals surface area contributed by atoms with Gasteiger partial charge in [-0.05, 0) is 6.07 Å². The van der Waals surface area contributed by atoms with E-state index in [0.717, 1.165) is 4.57 Å². The highest BCUT2D eigenvalue weighted by Gasteiger charge is 2.08. The Balaban J connectivity index is 0.000000292. The Morgan fingerprint density at radius 1 is 1.29 bits per heavy atom. The molecule has 0 unspecified atom stereocenters. The number of rotatable bonds is 0. The van der Waals surface area contributed by atoms with Crippen LogP contribution in [0.1, 0.15) is 0 Å². The average molecular weight is 229 g/mol. The summed E-state index contributed by atoms with van der Waals surface area (Å²) in [6.45, 7) is 0. The van der Waals surface area contributed by atoms with Gasteiger partial charge in [-0.3, -0.25) is 0 Å². The third-order valence-corrected chi connectivity index (χ3v) is 1.11. The molecule has 1 heterocycles. The van der Waals surface area contributed by atoms with Crippen LogP contribution < -0.4 is 4.57 Å². The minimum Gasteiger partial charge on any atom is -0.722 e. The van der Waals surface area contributed by atoms with Crippen molar-refractivity contribution in [2.75, 3.05) is 0 Å². The largest absolute Gasteiger partial charge is 0.722 e. The van der Waals surface area contributed by atoms with Gasteiger partial charge in [-0.15, -0.1) is 17.2 Å². The summed E-state index contributed by atoms with van der Waals surface area (Å²) in [7, 11) is -4.09. The summed E-state index contributed by atoms with van der Waals surface area (Å²) in [6.07, 6.45) is 0. The Bertz CT molecular complexity index is 379. The van der Waals surface area contributed by atoms with Crippen molar-refractivity contribution in [3.63, 3.8) is 0 Å². The van der Waals surface area contributed by atoms with E-state index in [2.05, 4.69) is 0 Å². The maximum Gasteiger partial charge on any atom is 0.361 e. The molecule has 80 valence electrons. The molecule has 8 heteroatoms. The van der Waals surface area contributed by atoms with Gasteiger partial charge in [0.05, 0.1) is 0 Å². The topological polar surface area (TPSA) is 61.1 Å². The van der Waals surface area contributed by atoms with Gasteiger partial charge in [-0.2, -0.15) is 0 Å². The molecule has 0 aromatic carbocycles. The Labute approximate surface area is 78.7 Å². The molecule has 0 aliphatic heterocycles. The molecule has 0 amide bonds. The van der Waals surface area contributed by atoms with Crippen molar-refractivity contribution < 1.29 is 30.2 Å². The zero-order valence-electron chi connectivity index (χ0n) is 6.95. The third kappa shape index (κ3) is 6.38. The van der Waals surface area contributed by atoms with E-state index in [0.29, 0.717) is 0 Å². The lowest BCUT2D eigenvalue weighted by Gasteiger charge is -1.87. The highest BCUT2D eigenvalue weighted by atomic mass is 32.3. The Morgan fingerprint density at radius 3 is 1.79 bits per heavy atom. The van der Waals surface area contributed by atoms with E-state index in [1.54, 1.807) is 0 Å². The van der Waals surface area contributed by atoms with E-state index in [4.69, 9.17) is 13.0 Å². The van der Waals surface area contributed by atoms with Gasteiger partial charge in [0, 0.05) is 12.1 Å². The van der Waals surface area contributed by atoms with Crippen molar-refractivity contribution in [1.82, 2.24) is 0 Å². The quantitative estimate of drug-likeness (QED) is 0.276. The van der Waals surface area contributed by atoms with Gasteiger partial charge >= 0.3 is 11.9 Å². The van der Waals surface area contributed by atoms with Crippen LogP contribution in [0.3, 0.4) is 0 Å². The fraction of sp³-hybridized carbons (Fsp3) is 0.167. The van der Waals surface area contributed by atoms with Crippen molar-refractivity contribution in [2.24, 2.45) is 7.05 Å². The first kappa shape index (κ1) is 12.8. The standard InChI is InChI=1S/C6H6F2N.FHO3S/c1-9-5(7)3-2-4-6(9)8;1-5(2,3)4/h2-4H,1H3;(H,2,3,4)/q+1;/p-1. The van der Waals surface area contributed by atoms with E-state index in [-0.39, 0.29) is 0 Å². The molecule has 1 rings (SSSR count). The highest BCUT2D eigenvalue weighted by molar-refractivity contribution is 7.80. The SMILES string of the molecule is C[n+]1c(F)cccc1F.O=S(=O)([O-])F. The maximum absolute atomic E-state index is 12.3. The Morgan fingerprint density at radius 2 is 1.57 bits per heavy atom. The minimum atomic E-state index is -5.42. The van der Waals surface area contributed by atoms with Crippen LogP contribution in [-0.4, -0.2) is 13.0 Å². The van der Waals surface area contributed by atoms with Gasteiger partial charge in [0.1, 0.15) is 7.05 Å². The first-order chi connectivity index (χ1) is 6.22. The second-order valence-electron chi connectivity index (χ2n) is 2.12. The maximum atomic E-state index is 12.3. The van der Waals surface area contributed by atoms with Crippen molar-refractivity contribution in [3.8, 4) is 0 Å². The fourth-order valence-corrected chi connectivity index (χ4v) is 0.533. The number of halogens is 3. The second-order valence-corrected chi connectivity index (χ2v) is 2.91. The number of pyridine rings is 1. The van der Waals surface area contributed by atoms with Crippen molar-refractivity contribution >= 4 is 10.5 Å². The van der Waals surface area contributed by atoms with Crippen LogP contribution >= 0.6 is 0 Å². The molecule has 0 aliphatic rings. The van der Waals surface area contributed by atoms with Crippen LogP contribution in [-0.2, 0) is 17.6 Å². The molecule has 0 radical (unpaired) electrons. The molecular weight excluding hydrogens is 223 g/mol. The molecule has 0 bridgehead atoms. The van der Waals surface area contributed by atoms with Crippen LogP contribution in [0.15, 0.2) is 18.2 Å². The van der Waals surface area contributed by atoms with E-state index < -0.39 is 22.4 Å². The summed E-state index contributed by atoms with van der Waals surface area (Å²) in [5.41, 5.74) is 0. The summed E-state index contributed by atoms with van der Waals surface area (Å²) in [4.78, 5) is 0. The minimum absolute atomic E-state index is 0.574. The summed E-state index contributed by atoms with van der Waals surface area (Å²) >= 11 is 0. The lowest BCUT2D eigenvalue weighted by molar-refractivity contribution is -0.727. The van der Waals surface area contributed by atoms with Gasteiger partial charge in [0.25, 0.3) is 10.5 Å². The third-order valence-electron chi connectivity index (χ3n) is 1.11. The molecule has 4 nitrogen and oxygen atoms in total. The Kier molecular flexibility index (Phi) is 4.51. The molecule has 0 N–H and O–H groups in total. The molecule has 0 fully saturated rings. The molecule has 0 atom stereocenters. The zero-order valence-corrected chi connectivity index (χ0v) is 7.76. The van der Waals surface area contributed by atoms with Gasteiger partial charge in [0.15, 0.2) is 0 Å². The number of aromatic nitrogens is 1. The van der Waals surface area contributed by atoms with Crippen molar-refractivity contribution in [1.29, 1.82) is 0 Å². The summed E-state index contributed by atoms with van der Waals surface area (Å²) in [5.74, 6) is -1.15. The van der Waals surface area contributed by atoms with Crippen molar-refractivity contribution in [2.45, 2.75) is 0 Å². The molecule has 1 aromatic rings. The fourth-order valence-electron chi connectivity index (χ4n) is 0.533. The molecule has 1 aromatic heterocycles.